The minimum Gasteiger partial charge on any atom is -0.494 e. The van der Waals surface area contributed by atoms with Crippen LogP contribution in [0.1, 0.15) is 37.7 Å². The van der Waals surface area contributed by atoms with Gasteiger partial charge in [-0.2, -0.15) is 0 Å². The van der Waals surface area contributed by atoms with Crippen LogP contribution in [0.15, 0.2) is 36.5 Å². The van der Waals surface area contributed by atoms with Crippen LogP contribution in [-0.4, -0.2) is 16.6 Å². The zero-order valence-electron chi connectivity index (χ0n) is 12.3. The molecule has 1 unspecified atom stereocenters. The van der Waals surface area contributed by atoms with Crippen molar-refractivity contribution in [2.75, 3.05) is 11.9 Å². The van der Waals surface area contributed by atoms with Gasteiger partial charge >= 0.3 is 0 Å². The quantitative estimate of drug-likeness (QED) is 0.869. The number of benzene rings is 1. The molecule has 0 fully saturated rings. The third kappa shape index (κ3) is 3.95. The molecule has 1 atom stereocenters. The largest absolute Gasteiger partial charge is 0.494 e. The van der Waals surface area contributed by atoms with Crippen molar-refractivity contribution in [3.63, 3.8) is 0 Å². The lowest BCUT2D eigenvalue weighted by molar-refractivity contribution is 0.317. The molecule has 0 aliphatic rings. The van der Waals surface area contributed by atoms with Crippen LogP contribution in [0.4, 0.5) is 5.82 Å². The van der Waals surface area contributed by atoms with Crippen molar-refractivity contribution in [2.24, 2.45) is 0 Å². The van der Waals surface area contributed by atoms with E-state index in [2.05, 4.69) is 41.3 Å². The van der Waals surface area contributed by atoms with Crippen molar-refractivity contribution in [3.8, 4) is 5.75 Å². The number of hydrogen-bond donors (Lipinski definition) is 1. The summed E-state index contributed by atoms with van der Waals surface area (Å²) in [6.07, 6.45) is 2.78. The van der Waals surface area contributed by atoms with E-state index >= 15 is 0 Å². The van der Waals surface area contributed by atoms with Gasteiger partial charge < -0.3 is 10.1 Å². The monoisotopic (exact) mass is 271 g/mol. The second-order valence-electron chi connectivity index (χ2n) is 4.77. The molecule has 0 amide bonds. The van der Waals surface area contributed by atoms with Crippen molar-refractivity contribution >= 4 is 5.82 Å². The highest BCUT2D eigenvalue weighted by Crippen LogP contribution is 2.20. The summed E-state index contributed by atoms with van der Waals surface area (Å²) in [6.45, 7) is 6.85. The maximum absolute atomic E-state index is 5.58. The lowest BCUT2D eigenvalue weighted by Gasteiger charge is -2.15. The summed E-state index contributed by atoms with van der Waals surface area (Å²) in [4.78, 5) is 8.44. The normalized spacial score (nSPS) is 11.9. The Balaban J connectivity index is 2.00. The molecule has 4 nitrogen and oxygen atoms in total. The molecule has 0 bridgehead atoms. The van der Waals surface area contributed by atoms with E-state index in [1.54, 1.807) is 6.20 Å². The van der Waals surface area contributed by atoms with Gasteiger partial charge in [0.25, 0.3) is 0 Å². The van der Waals surface area contributed by atoms with Crippen LogP contribution >= 0.6 is 0 Å². The van der Waals surface area contributed by atoms with Gasteiger partial charge in [-0.05, 0) is 44.0 Å². The molecule has 4 heteroatoms. The summed E-state index contributed by atoms with van der Waals surface area (Å²) >= 11 is 0. The number of aryl methyl sites for hydroxylation is 1. The molecular formula is C16H21N3O. The molecule has 0 saturated carbocycles. The van der Waals surface area contributed by atoms with Crippen LogP contribution in [0.5, 0.6) is 5.75 Å². The first-order chi connectivity index (χ1) is 9.69. The minimum absolute atomic E-state index is 0.185. The fraction of sp³-hybridized carbons (Fsp3) is 0.375. The van der Waals surface area contributed by atoms with Crippen LogP contribution in [0, 0.1) is 6.92 Å². The highest BCUT2D eigenvalue weighted by Gasteiger charge is 2.06. The van der Waals surface area contributed by atoms with E-state index < -0.39 is 0 Å². The van der Waals surface area contributed by atoms with Crippen molar-refractivity contribution in [1.82, 2.24) is 9.97 Å². The zero-order chi connectivity index (χ0) is 14.4. The van der Waals surface area contributed by atoms with Gasteiger partial charge in [-0.1, -0.05) is 19.1 Å². The molecule has 0 spiro atoms. The van der Waals surface area contributed by atoms with E-state index in [1.807, 2.05) is 25.1 Å². The maximum atomic E-state index is 5.58. The molecule has 2 rings (SSSR count). The highest BCUT2D eigenvalue weighted by molar-refractivity contribution is 5.38. The average molecular weight is 271 g/mol. The Morgan fingerprint density at radius 1 is 1.20 bits per heavy atom. The number of aromatic nitrogens is 2. The molecule has 1 aromatic carbocycles. The topological polar surface area (TPSA) is 47.0 Å². The number of nitrogens with zero attached hydrogens (tertiary/aromatic N) is 2. The average Bonchev–Trinajstić information content (AvgIpc) is 2.45. The Hall–Kier alpha value is -2.10. The van der Waals surface area contributed by atoms with Crippen LogP contribution in [0.3, 0.4) is 0 Å². The van der Waals surface area contributed by atoms with E-state index in [4.69, 9.17) is 4.74 Å². The van der Waals surface area contributed by atoms with Crippen molar-refractivity contribution in [1.29, 1.82) is 0 Å². The van der Waals surface area contributed by atoms with Crippen molar-refractivity contribution < 1.29 is 4.74 Å². The van der Waals surface area contributed by atoms with Crippen LogP contribution in [0.25, 0.3) is 0 Å². The predicted molar refractivity (Wildman–Crippen MR) is 81.0 cm³/mol. The Morgan fingerprint density at radius 2 is 1.95 bits per heavy atom. The molecule has 20 heavy (non-hydrogen) atoms. The Labute approximate surface area is 120 Å². The van der Waals surface area contributed by atoms with Crippen LogP contribution in [0.2, 0.25) is 0 Å². The molecule has 2 aromatic rings. The standard InChI is InChI=1S/C16H21N3O/c1-4-11-20-15-7-5-14(6-8-15)12(2)18-16-9-10-17-13(3)19-16/h5-10,12H,4,11H2,1-3H3,(H,17,18,19). The van der Waals surface area contributed by atoms with Gasteiger partial charge in [0.1, 0.15) is 17.4 Å². The van der Waals surface area contributed by atoms with Crippen molar-refractivity contribution in [3.05, 3.63) is 47.9 Å². The zero-order valence-corrected chi connectivity index (χ0v) is 12.3. The number of rotatable bonds is 6. The van der Waals surface area contributed by atoms with Gasteiger partial charge in [-0.25, -0.2) is 9.97 Å². The van der Waals surface area contributed by atoms with Crippen LogP contribution < -0.4 is 10.1 Å². The summed E-state index contributed by atoms with van der Waals surface area (Å²) in [5.41, 5.74) is 1.20. The summed E-state index contributed by atoms with van der Waals surface area (Å²) < 4.78 is 5.58. The molecule has 106 valence electrons. The second kappa shape index (κ2) is 6.89. The van der Waals surface area contributed by atoms with E-state index in [0.29, 0.717) is 0 Å². The highest BCUT2D eigenvalue weighted by atomic mass is 16.5. The molecular weight excluding hydrogens is 250 g/mol. The molecule has 0 saturated heterocycles. The number of nitrogens with one attached hydrogen (secondary N) is 1. The van der Waals surface area contributed by atoms with Gasteiger partial charge in [0.05, 0.1) is 6.61 Å². The fourth-order valence-electron chi connectivity index (χ4n) is 1.91. The third-order valence-corrected chi connectivity index (χ3v) is 2.99. The van der Waals surface area contributed by atoms with Crippen molar-refractivity contribution in [2.45, 2.75) is 33.2 Å². The first-order valence-electron chi connectivity index (χ1n) is 6.98. The van der Waals surface area contributed by atoms with E-state index in [0.717, 1.165) is 30.4 Å². The molecule has 0 aliphatic heterocycles. The van der Waals surface area contributed by atoms with E-state index in [9.17, 15) is 0 Å². The first-order valence-corrected chi connectivity index (χ1v) is 6.98. The second-order valence-corrected chi connectivity index (χ2v) is 4.77. The third-order valence-electron chi connectivity index (χ3n) is 2.99. The summed E-state index contributed by atoms with van der Waals surface area (Å²) in [5.74, 6) is 2.53. The number of anilines is 1. The summed E-state index contributed by atoms with van der Waals surface area (Å²) in [7, 11) is 0. The Morgan fingerprint density at radius 3 is 2.60 bits per heavy atom. The fourth-order valence-corrected chi connectivity index (χ4v) is 1.91. The summed E-state index contributed by atoms with van der Waals surface area (Å²) in [5, 5.41) is 3.37. The van der Waals surface area contributed by atoms with E-state index in [-0.39, 0.29) is 6.04 Å². The minimum atomic E-state index is 0.185. The SMILES string of the molecule is CCCOc1ccc(C(C)Nc2ccnc(C)n2)cc1. The molecule has 1 N–H and O–H groups in total. The van der Waals surface area contributed by atoms with Gasteiger partial charge in [0, 0.05) is 12.2 Å². The lowest BCUT2D eigenvalue weighted by Crippen LogP contribution is -2.08. The smallest absolute Gasteiger partial charge is 0.130 e. The van der Waals surface area contributed by atoms with E-state index in [1.165, 1.54) is 5.56 Å². The maximum Gasteiger partial charge on any atom is 0.130 e. The van der Waals surface area contributed by atoms with Gasteiger partial charge in [0.15, 0.2) is 0 Å². The number of ether oxygens (including phenoxy) is 1. The molecule has 0 aliphatic carbocycles. The van der Waals surface area contributed by atoms with Gasteiger partial charge in [0.2, 0.25) is 0 Å². The first kappa shape index (κ1) is 14.3. The van der Waals surface area contributed by atoms with Gasteiger partial charge in [-0.3, -0.25) is 0 Å². The molecule has 0 radical (unpaired) electrons. The molecule has 1 heterocycles. The lowest BCUT2D eigenvalue weighted by atomic mass is 10.1. The van der Waals surface area contributed by atoms with Gasteiger partial charge in [-0.15, -0.1) is 0 Å². The predicted octanol–water partition coefficient (Wildman–Crippen LogP) is 3.75. The number of hydrogen-bond acceptors (Lipinski definition) is 4. The molecule has 1 aromatic heterocycles. The van der Waals surface area contributed by atoms with Crippen LogP contribution in [-0.2, 0) is 0 Å². The Kier molecular flexibility index (Phi) is 4.93. The summed E-state index contributed by atoms with van der Waals surface area (Å²) in [6, 6.07) is 10.2. The Bertz CT molecular complexity index is 540.